The van der Waals surface area contributed by atoms with E-state index >= 15 is 0 Å². The summed E-state index contributed by atoms with van der Waals surface area (Å²) in [5, 5.41) is 18.0. The summed E-state index contributed by atoms with van der Waals surface area (Å²) in [4.78, 5) is 0.00287. The summed E-state index contributed by atoms with van der Waals surface area (Å²) in [7, 11) is -3.67. The number of aliphatic hydroxyl groups is 1. The van der Waals surface area contributed by atoms with Crippen LogP contribution in [0.1, 0.15) is 6.92 Å². The van der Waals surface area contributed by atoms with E-state index in [0.29, 0.717) is 0 Å². The van der Waals surface area contributed by atoms with Crippen molar-refractivity contribution < 1.29 is 18.6 Å². The van der Waals surface area contributed by atoms with Crippen LogP contribution in [0.25, 0.3) is 0 Å². The monoisotopic (exact) mass is 260 g/mol. The number of benzene rings is 1. The molecule has 7 heteroatoms. The Kier molecular flexibility index (Phi) is 4.33. The minimum absolute atomic E-state index is 0.00287. The molecule has 0 aliphatic rings. The highest BCUT2D eigenvalue weighted by molar-refractivity contribution is 7.89. The maximum absolute atomic E-state index is 12.1. The molecule has 0 saturated heterocycles. The van der Waals surface area contributed by atoms with Crippen molar-refractivity contribution in [3.05, 3.63) is 18.2 Å². The van der Waals surface area contributed by atoms with Gasteiger partial charge in [0, 0.05) is 13.1 Å². The van der Waals surface area contributed by atoms with Gasteiger partial charge in [-0.25, -0.2) is 8.42 Å². The Bertz CT molecular complexity index is 487. The van der Waals surface area contributed by atoms with Crippen LogP contribution in [-0.2, 0) is 10.0 Å². The third-order valence-corrected chi connectivity index (χ3v) is 4.31. The molecule has 0 saturated carbocycles. The summed E-state index contributed by atoms with van der Waals surface area (Å²) >= 11 is 0. The van der Waals surface area contributed by atoms with E-state index in [1.54, 1.807) is 6.92 Å². The number of rotatable bonds is 5. The molecule has 0 fully saturated rings. The van der Waals surface area contributed by atoms with Gasteiger partial charge in [-0.1, -0.05) is 6.92 Å². The predicted octanol–water partition coefficient (Wildman–Crippen LogP) is -0.0227. The Balaban J connectivity index is 3.15. The van der Waals surface area contributed by atoms with Crippen molar-refractivity contribution in [3.8, 4) is 5.75 Å². The van der Waals surface area contributed by atoms with Crippen LogP contribution in [0, 0.1) is 0 Å². The Hall–Kier alpha value is -1.31. The molecule has 1 rings (SSSR count). The van der Waals surface area contributed by atoms with Crippen LogP contribution in [0.5, 0.6) is 5.75 Å². The number of hydrogen-bond donors (Lipinski definition) is 3. The van der Waals surface area contributed by atoms with E-state index in [9.17, 15) is 13.5 Å². The molecule has 1 aromatic rings. The lowest BCUT2D eigenvalue weighted by atomic mass is 10.3. The zero-order chi connectivity index (χ0) is 13.1. The number of phenolic OH excluding ortho intramolecular Hbond substituents is 1. The third kappa shape index (κ3) is 2.87. The highest BCUT2D eigenvalue weighted by atomic mass is 32.2. The summed E-state index contributed by atoms with van der Waals surface area (Å²) in [6, 6.07) is 3.71. The first-order chi connectivity index (χ1) is 7.93. The van der Waals surface area contributed by atoms with Gasteiger partial charge in [0.05, 0.1) is 17.2 Å². The first-order valence-corrected chi connectivity index (χ1v) is 6.57. The molecule has 0 bridgehead atoms. The Morgan fingerprint density at radius 3 is 2.53 bits per heavy atom. The smallest absolute Gasteiger partial charge is 0.243 e. The lowest BCUT2D eigenvalue weighted by molar-refractivity contribution is 0.257. The first kappa shape index (κ1) is 13.8. The average molecular weight is 260 g/mol. The number of aliphatic hydroxyl groups excluding tert-OH is 1. The van der Waals surface area contributed by atoms with E-state index in [1.165, 1.54) is 18.2 Å². The van der Waals surface area contributed by atoms with Gasteiger partial charge in [0.1, 0.15) is 5.75 Å². The Labute approximate surface area is 100 Å². The maximum atomic E-state index is 12.1. The zero-order valence-corrected chi connectivity index (χ0v) is 10.3. The van der Waals surface area contributed by atoms with Gasteiger partial charge in [-0.05, 0) is 18.2 Å². The zero-order valence-electron chi connectivity index (χ0n) is 9.50. The number of nitrogen functional groups attached to an aromatic ring is 1. The molecule has 0 radical (unpaired) electrons. The van der Waals surface area contributed by atoms with Crippen LogP contribution in [0.4, 0.5) is 5.69 Å². The van der Waals surface area contributed by atoms with Crippen LogP contribution in [-0.4, -0.2) is 42.6 Å². The van der Waals surface area contributed by atoms with Crippen LogP contribution in [0.3, 0.4) is 0 Å². The first-order valence-electron chi connectivity index (χ1n) is 5.13. The molecule has 4 N–H and O–H groups in total. The van der Waals surface area contributed by atoms with Crippen LogP contribution >= 0.6 is 0 Å². The molecule has 0 unspecified atom stereocenters. The standard InChI is InChI=1S/C10H16N2O4S/c1-2-12(5-6-13)17(15,16)8-3-4-10(14)9(11)7-8/h3-4,7,13-14H,2,5-6,11H2,1H3. The molecule has 0 aromatic heterocycles. The van der Waals surface area contributed by atoms with E-state index in [4.69, 9.17) is 10.8 Å². The fourth-order valence-corrected chi connectivity index (χ4v) is 2.88. The largest absolute Gasteiger partial charge is 0.506 e. The molecule has 17 heavy (non-hydrogen) atoms. The average Bonchev–Trinajstić information content (AvgIpc) is 2.29. The number of sulfonamides is 1. The maximum Gasteiger partial charge on any atom is 0.243 e. The molecule has 1 aromatic carbocycles. The number of likely N-dealkylation sites (N-methyl/N-ethyl adjacent to an activating group) is 1. The van der Waals surface area contributed by atoms with Crippen LogP contribution in [0.15, 0.2) is 23.1 Å². The van der Waals surface area contributed by atoms with Gasteiger partial charge in [0.25, 0.3) is 0 Å². The molecule has 0 heterocycles. The topological polar surface area (TPSA) is 104 Å². The van der Waals surface area contributed by atoms with Crippen LogP contribution in [0.2, 0.25) is 0 Å². The van der Waals surface area contributed by atoms with Crippen molar-refractivity contribution in [2.24, 2.45) is 0 Å². The number of phenols is 1. The molecule has 0 amide bonds. The summed E-state index contributed by atoms with van der Waals surface area (Å²) in [6.45, 7) is 1.71. The fraction of sp³-hybridized carbons (Fsp3) is 0.400. The second-order valence-corrected chi connectivity index (χ2v) is 5.38. The SMILES string of the molecule is CCN(CCO)S(=O)(=O)c1ccc(O)c(N)c1. The van der Waals surface area contributed by atoms with Crippen molar-refractivity contribution in [1.29, 1.82) is 0 Å². The summed E-state index contributed by atoms with van der Waals surface area (Å²) < 4.78 is 25.3. The molecule has 0 spiro atoms. The summed E-state index contributed by atoms with van der Waals surface area (Å²) in [6.07, 6.45) is 0. The van der Waals surface area contributed by atoms with Crippen molar-refractivity contribution in [1.82, 2.24) is 4.31 Å². The van der Waals surface area contributed by atoms with Gasteiger partial charge in [0.15, 0.2) is 0 Å². The van der Waals surface area contributed by atoms with Gasteiger partial charge in [-0.2, -0.15) is 4.31 Å². The number of nitrogens with two attached hydrogens (primary N) is 1. The van der Waals surface area contributed by atoms with Gasteiger partial charge >= 0.3 is 0 Å². The quantitative estimate of drug-likeness (QED) is 0.510. The third-order valence-electron chi connectivity index (χ3n) is 2.34. The Morgan fingerprint density at radius 2 is 2.06 bits per heavy atom. The summed E-state index contributed by atoms with van der Waals surface area (Å²) in [5.41, 5.74) is 5.46. The van der Waals surface area contributed by atoms with Crippen molar-refractivity contribution in [2.75, 3.05) is 25.4 Å². The van der Waals surface area contributed by atoms with E-state index in [1.807, 2.05) is 0 Å². The lowest BCUT2D eigenvalue weighted by Crippen LogP contribution is -2.33. The van der Waals surface area contributed by atoms with Crippen molar-refractivity contribution in [3.63, 3.8) is 0 Å². The van der Waals surface area contributed by atoms with E-state index in [2.05, 4.69) is 0 Å². The highest BCUT2D eigenvalue weighted by Gasteiger charge is 2.23. The second kappa shape index (κ2) is 5.35. The molecule has 6 nitrogen and oxygen atoms in total. The van der Waals surface area contributed by atoms with Crippen LogP contribution < -0.4 is 5.73 Å². The van der Waals surface area contributed by atoms with Gasteiger partial charge in [-0.15, -0.1) is 0 Å². The Morgan fingerprint density at radius 1 is 1.41 bits per heavy atom. The number of anilines is 1. The molecule has 0 atom stereocenters. The van der Waals surface area contributed by atoms with E-state index in [0.717, 1.165) is 4.31 Å². The summed E-state index contributed by atoms with van der Waals surface area (Å²) in [5.74, 6) is -0.158. The van der Waals surface area contributed by atoms with E-state index < -0.39 is 10.0 Å². The van der Waals surface area contributed by atoms with Crippen molar-refractivity contribution >= 4 is 15.7 Å². The minimum Gasteiger partial charge on any atom is -0.506 e. The number of hydrogen-bond acceptors (Lipinski definition) is 5. The van der Waals surface area contributed by atoms with Gasteiger partial charge < -0.3 is 15.9 Å². The second-order valence-electron chi connectivity index (χ2n) is 3.44. The fourth-order valence-electron chi connectivity index (χ4n) is 1.40. The molecular formula is C10H16N2O4S. The van der Waals surface area contributed by atoms with Gasteiger partial charge in [-0.3, -0.25) is 0 Å². The lowest BCUT2D eigenvalue weighted by Gasteiger charge is -2.19. The number of aromatic hydroxyl groups is 1. The molecule has 96 valence electrons. The molecular weight excluding hydrogens is 244 g/mol. The van der Waals surface area contributed by atoms with E-state index in [-0.39, 0.29) is 36.0 Å². The molecule has 0 aliphatic carbocycles. The molecule has 0 aliphatic heterocycles. The van der Waals surface area contributed by atoms with Crippen molar-refractivity contribution in [2.45, 2.75) is 11.8 Å². The minimum atomic E-state index is -3.67. The van der Waals surface area contributed by atoms with Gasteiger partial charge in [0.2, 0.25) is 10.0 Å². The normalized spacial score (nSPS) is 11.9. The highest BCUT2D eigenvalue weighted by Crippen LogP contribution is 2.25. The number of nitrogens with zero attached hydrogens (tertiary/aromatic N) is 1. The predicted molar refractivity (Wildman–Crippen MR) is 64.0 cm³/mol.